The van der Waals surface area contributed by atoms with Gasteiger partial charge in [-0.1, -0.05) is 0 Å². The maximum Gasteiger partial charge on any atom is 0.345 e. The van der Waals surface area contributed by atoms with Gasteiger partial charge in [-0.2, -0.15) is 5.10 Å². The fourth-order valence-electron chi connectivity index (χ4n) is 3.58. The van der Waals surface area contributed by atoms with Gasteiger partial charge in [0, 0.05) is 24.4 Å². The maximum atomic E-state index is 12.3. The van der Waals surface area contributed by atoms with Crippen LogP contribution < -0.4 is 11.0 Å². The normalized spacial score (nSPS) is 19.0. The van der Waals surface area contributed by atoms with E-state index in [2.05, 4.69) is 20.3 Å². The van der Waals surface area contributed by atoms with E-state index in [1.165, 1.54) is 16.0 Å². The lowest BCUT2D eigenvalue weighted by Gasteiger charge is -2.30. The SMILES string of the molecule is Cc1csc(NC(=O)CN2CCC(c3nn(C)c(=O)n3C3CC3)CC2)n1. The van der Waals surface area contributed by atoms with Crippen LogP contribution in [0.3, 0.4) is 0 Å². The summed E-state index contributed by atoms with van der Waals surface area (Å²) in [5.41, 5.74) is 0.922. The van der Waals surface area contributed by atoms with Gasteiger partial charge in [0.1, 0.15) is 5.82 Å². The van der Waals surface area contributed by atoms with Gasteiger partial charge in [0.25, 0.3) is 0 Å². The van der Waals surface area contributed by atoms with Crippen LogP contribution in [0.2, 0.25) is 0 Å². The lowest BCUT2D eigenvalue weighted by molar-refractivity contribution is -0.117. The molecule has 0 bridgehead atoms. The molecule has 9 heteroatoms. The van der Waals surface area contributed by atoms with E-state index in [1.54, 1.807) is 7.05 Å². The summed E-state index contributed by atoms with van der Waals surface area (Å²) in [6.45, 7) is 3.97. The summed E-state index contributed by atoms with van der Waals surface area (Å²) in [6, 6.07) is 0.344. The Hall–Kier alpha value is -2.00. The van der Waals surface area contributed by atoms with Gasteiger partial charge < -0.3 is 5.32 Å². The molecule has 0 unspecified atom stereocenters. The number of carbonyl (C=O) groups is 1. The molecule has 1 aliphatic carbocycles. The summed E-state index contributed by atoms with van der Waals surface area (Å²) in [5, 5.41) is 9.94. The molecular weight excluding hydrogens is 352 g/mol. The van der Waals surface area contributed by atoms with Crippen LogP contribution in [-0.4, -0.2) is 49.8 Å². The quantitative estimate of drug-likeness (QED) is 0.855. The van der Waals surface area contributed by atoms with Gasteiger partial charge >= 0.3 is 5.69 Å². The first-order valence-corrected chi connectivity index (χ1v) is 9.99. The highest BCUT2D eigenvalue weighted by Gasteiger charge is 2.33. The molecule has 2 aromatic heterocycles. The molecule has 2 aliphatic rings. The number of aromatic nitrogens is 4. The summed E-state index contributed by atoms with van der Waals surface area (Å²) in [7, 11) is 1.73. The molecule has 8 nitrogen and oxygen atoms in total. The maximum absolute atomic E-state index is 12.3. The zero-order chi connectivity index (χ0) is 18.3. The van der Waals surface area contributed by atoms with E-state index in [4.69, 9.17) is 0 Å². The summed E-state index contributed by atoms with van der Waals surface area (Å²) < 4.78 is 3.36. The van der Waals surface area contributed by atoms with Crippen LogP contribution in [0.25, 0.3) is 0 Å². The van der Waals surface area contributed by atoms with Crippen molar-refractivity contribution in [2.75, 3.05) is 25.0 Å². The Bertz CT molecular complexity index is 857. The van der Waals surface area contributed by atoms with Gasteiger partial charge in [0.15, 0.2) is 5.13 Å². The third kappa shape index (κ3) is 3.59. The topological polar surface area (TPSA) is 85.0 Å². The summed E-state index contributed by atoms with van der Waals surface area (Å²) in [4.78, 5) is 30.9. The van der Waals surface area contributed by atoms with Gasteiger partial charge in [-0.05, 0) is 45.7 Å². The number of nitrogens with one attached hydrogen (secondary N) is 1. The summed E-state index contributed by atoms with van der Waals surface area (Å²) in [6.07, 6.45) is 4.00. The van der Waals surface area contributed by atoms with Crippen LogP contribution in [0.5, 0.6) is 0 Å². The van der Waals surface area contributed by atoms with E-state index in [1.807, 2.05) is 16.9 Å². The molecule has 4 rings (SSSR count). The predicted molar refractivity (Wildman–Crippen MR) is 99.6 cm³/mol. The second-order valence-electron chi connectivity index (χ2n) is 7.26. The number of aryl methyl sites for hydroxylation is 2. The van der Waals surface area contributed by atoms with Crippen molar-refractivity contribution in [3.05, 3.63) is 27.4 Å². The average molecular weight is 376 g/mol. The summed E-state index contributed by atoms with van der Waals surface area (Å²) >= 11 is 1.45. The number of amides is 1. The number of nitrogens with zero attached hydrogens (tertiary/aromatic N) is 5. The lowest BCUT2D eigenvalue weighted by atomic mass is 9.96. The van der Waals surface area contributed by atoms with Crippen molar-refractivity contribution in [1.29, 1.82) is 0 Å². The Balaban J connectivity index is 1.34. The molecule has 1 saturated heterocycles. The van der Waals surface area contributed by atoms with Crippen LogP contribution in [-0.2, 0) is 11.8 Å². The van der Waals surface area contributed by atoms with E-state index in [-0.39, 0.29) is 11.6 Å². The van der Waals surface area contributed by atoms with Crippen molar-refractivity contribution in [1.82, 2.24) is 24.2 Å². The smallest absolute Gasteiger partial charge is 0.301 e. The molecule has 26 heavy (non-hydrogen) atoms. The molecule has 3 heterocycles. The Labute approximate surface area is 155 Å². The second kappa shape index (κ2) is 6.96. The van der Waals surface area contributed by atoms with Crippen LogP contribution in [0.15, 0.2) is 10.2 Å². The molecule has 2 fully saturated rings. The fourth-order valence-corrected chi connectivity index (χ4v) is 4.28. The minimum Gasteiger partial charge on any atom is -0.301 e. The molecule has 1 aliphatic heterocycles. The molecule has 1 amide bonds. The Morgan fingerprint density at radius 3 is 2.65 bits per heavy atom. The van der Waals surface area contributed by atoms with Gasteiger partial charge in [-0.25, -0.2) is 14.5 Å². The number of anilines is 1. The van der Waals surface area contributed by atoms with Crippen molar-refractivity contribution < 1.29 is 4.79 Å². The molecule has 140 valence electrons. The standard InChI is InChI=1S/C17H24N6O2S/c1-11-10-26-16(18-11)19-14(24)9-22-7-5-12(6-8-22)15-20-21(2)17(25)23(15)13-3-4-13/h10,12-13H,3-9H2,1-2H3,(H,18,19,24). The van der Waals surface area contributed by atoms with E-state index in [9.17, 15) is 9.59 Å². The number of carbonyl (C=O) groups excluding carboxylic acids is 1. The first-order chi connectivity index (χ1) is 12.5. The van der Waals surface area contributed by atoms with Crippen molar-refractivity contribution in [2.24, 2.45) is 7.05 Å². The average Bonchev–Trinajstić information content (AvgIpc) is 3.30. The van der Waals surface area contributed by atoms with Crippen molar-refractivity contribution in [3.8, 4) is 0 Å². The number of thiazole rings is 1. The van der Waals surface area contributed by atoms with Crippen LogP contribution in [0.4, 0.5) is 5.13 Å². The highest BCUT2D eigenvalue weighted by atomic mass is 32.1. The first kappa shape index (κ1) is 17.4. The van der Waals surface area contributed by atoms with Gasteiger partial charge in [-0.3, -0.25) is 14.3 Å². The number of rotatable bonds is 5. The first-order valence-electron chi connectivity index (χ1n) is 9.11. The second-order valence-corrected chi connectivity index (χ2v) is 8.12. The molecule has 1 saturated carbocycles. The molecular formula is C17H24N6O2S. The predicted octanol–water partition coefficient (Wildman–Crippen LogP) is 1.50. The Morgan fingerprint density at radius 2 is 2.04 bits per heavy atom. The molecule has 2 aromatic rings. The molecule has 1 N–H and O–H groups in total. The highest BCUT2D eigenvalue weighted by Crippen LogP contribution is 2.37. The van der Waals surface area contributed by atoms with Gasteiger partial charge in [0.2, 0.25) is 5.91 Å². The Kier molecular flexibility index (Phi) is 4.66. The van der Waals surface area contributed by atoms with E-state index >= 15 is 0 Å². The van der Waals surface area contributed by atoms with Crippen LogP contribution >= 0.6 is 11.3 Å². The van der Waals surface area contributed by atoms with Gasteiger partial charge in [-0.15, -0.1) is 11.3 Å². The Morgan fingerprint density at radius 1 is 1.31 bits per heavy atom. The monoisotopic (exact) mass is 376 g/mol. The van der Waals surface area contributed by atoms with Gasteiger partial charge in [0.05, 0.1) is 12.2 Å². The van der Waals surface area contributed by atoms with Crippen LogP contribution in [0, 0.1) is 6.92 Å². The lowest BCUT2D eigenvalue weighted by Crippen LogP contribution is -2.39. The van der Waals surface area contributed by atoms with Crippen molar-refractivity contribution in [2.45, 2.75) is 44.6 Å². The number of piperidine rings is 1. The van der Waals surface area contributed by atoms with E-state index in [0.29, 0.717) is 23.6 Å². The number of likely N-dealkylation sites (tertiary alicyclic amines) is 1. The molecule has 0 aromatic carbocycles. The van der Waals surface area contributed by atoms with Crippen LogP contribution in [0.1, 0.15) is 49.2 Å². The molecule has 0 spiro atoms. The summed E-state index contributed by atoms with van der Waals surface area (Å²) in [5.74, 6) is 1.21. The van der Waals surface area contributed by atoms with Crippen molar-refractivity contribution in [3.63, 3.8) is 0 Å². The number of hydrogen-bond acceptors (Lipinski definition) is 6. The molecule has 0 radical (unpaired) electrons. The zero-order valence-corrected chi connectivity index (χ0v) is 16.0. The number of hydrogen-bond donors (Lipinski definition) is 1. The fraction of sp³-hybridized carbons (Fsp3) is 0.647. The van der Waals surface area contributed by atoms with Crippen molar-refractivity contribution >= 4 is 22.4 Å². The minimum atomic E-state index is -0.0227. The zero-order valence-electron chi connectivity index (χ0n) is 15.1. The highest BCUT2D eigenvalue weighted by molar-refractivity contribution is 7.13. The van der Waals surface area contributed by atoms with E-state index < -0.39 is 0 Å². The molecule has 0 atom stereocenters. The third-order valence-electron chi connectivity index (χ3n) is 5.08. The minimum absolute atomic E-state index is 0.00282. The largest absolute Gasteiger partial charge is 0.345 e. The van der Waals surface area contributed by atoms with E-state index in [0.717, 1.165) is 50.3 Å². The third-order valence-corrected chi connectivity index (χ3v) is 5.96.